The van der Waals surface area contributed by atoms with Crippen LogP contribution in [0, 0.1) is 11.3 Å². The molecule has 0 aromatic heterocycles. The third-order valence-electron chi connectivity index (χ3n) is 3.10. The topological polar surface area (TPSA) is 82.0 Å². The van der Waals surface area contributed by atoms with E-state index in [1.165, 1.54) is 6.92 Å². The molecule has 2 aromatic carbocycles. The first-order valence-corrected chi connectivity index (χ1v) is 7.63. The van der Waals surface area contributed by atoms with Gasteiger partial charge in [-0.15, -0.1) is 0 Å². The van der Waals surface area contributed by atoms with Crippen LogP contribution >= 0.6 is 15.9 Å². The van der Waals surface area contributed by atoms with Gasteiger partial charge in [-0.25, -0.2) is 0 Å². The van der Waals surface area contributed by atoms with Crippen molar-refractivity contribution in [1.82, 2.24) is 0 Å². The van der Waals surface area contributed by atoms with Gasteiger partial charge in [0.2, 0.25) is 5.91 Å². The van der Waals surface area contributed by atoms with Gasteiger partial charge in [-0.05, 0) is 49.4 Å². The Balaban J connectivity index is 2.05. The fraction of sp³-hybridized carbons (Fsp3) is 0.118. The van der Waals surface area contributed by atoms with E-state index < -0.39 is 0 Å². The van der Waals surface area contributed by atoms with Crippen molar-refractivity contribution >= 4 is 39.0 Å². The second kappa shape index (κ2) is 7.56. The van der Waals surface area contributed by atoms with Crippen molar-refractivity contribution in [2.75, 3.05) is 17.2 Å². The lowest BCUT2D eigenvalue weighted by Crippen LogP contribution is -2.22. The Morgan fingerprint density at radius 2 is 1.87 bits per heavy atom. The zero-order valence-corrected chi connectivity index (χ0v) is 14.0. The number of nitriles is 1. The molecule has 0 saturated heterocycles. The predicted molar refractivity (Wildman–Crippen MR) is 92.4 cm³/mol. The Kier molecular flexibility index (Phi) is 5.50. The molecular formula is C17H14BrN3O2. The molecule has 6 heteroatoms. The van der Waals surface area contributed by atoms with E-state index in [-0.39, 0.29) is 18.2 Å². The van der Waals surface area contributed by atoms with E-state index in [4.69, 9.17) is 5.26 Å². The van der Waals surface area contributed by atoms with E-state index in [0.29, 0.717) is 22.5 Å². The van der Waals surface area contributed by atoms with E-state index >= 15 is 0 Å². The van der Waals surface area contributed by atoms with Gasteiger partial charge >= 0.3 is 0 Å². The smallest absolute Gasteiger partial charge is 0.243 e. The number of rotatable bonds is 5. The highest BCUT2D eigenvalue weighted by Gasteiger charge is 2.10. The van der Waals surface area contributed by atoms with Gasteiger partial charge in [0.15, 0.2) is 5.78 Å². The van der Waals surface area contributed by atoms with E-state index in [0.717, 1.165) is 4.47 Å². The number of carbonyl (C=O) groups is 2. The number of hydrogen-bond donors (Lipinski definition) is 2. The first-order valence-electron chi connectivity index (χ1n) is 6.84. The van der Waals surface area contributed by atoms with Crippen LogP contribution < -0.4 is 10.6 Å². The van der Waals surface area contributed by atoms with Crippen molar-refractivity contribution in [1.29, 1.82) is 5.26 Å². The van der Waals surface area contributed by atoms with Crippen LogP contribution in [0.5, 0.6) is 0 Å². The molecular weight excluding hydrogens is 358 g/mol. The number of anilines is 2. The van der Waals surface area contributed by atoms with E-state index in [2.05, 4.69) is 26.6 Å². The lowest BCUT2D eigenvalue weighted by atomic mass is 10.1. The van der Waals surface area contributed by atoms with Gasteiger partial charge in [0.05, 0.1) is 18.2 Å². The molecule has 0 aliphatic rings. The number of halogens is 1. The molecule has 2 N–H and O–H groups in total. The summed E-state index contributed by atoms with van der Waals surface area (Å²) in [4.78, 5) is 23.6. The lowest BCUT2D eigenvalue weighted by Gasteiger charge is -2.11. The van der Waals surface area contributed by atoms with Gasteiger partial charge < -0.3 is 10.6 Å². The molecule has 0 spiro atoms. The summed E-state index contributed by atoms with van der Waals surface area (Å²) >= 11 is 3.32. The van der Waals surface area contributed by atoms with Crippen molar-refractivity contribution in [3.8, 4) is 6.07 Å². The molecule has 2 rings (SSSR count). The summed E-state index contributed by atoms with van der Waals surface area (Å²) < 4.78 is 0.924. The number of benzene rings is 2. The van der Waals surface area contributed by atoms with Gasteiger partial charge in [0.1, 0.15) is 0 Å². The second-order valence-corrected chi connectivity index (χ2v) is 5.75. The van der Waals surface area contributed by atoms with Gasteiger partial charge in [-0.3, -0.25) is 9.59 Å². The molecule has 0 bridgehead atoms. The maximum Gasteiger partial charge on any atom is 0.243 e. The Bertz CT molecular complexity index is 779. The molecule has 0 aliphatic heterocycles. The molecule has 1 amide bonds. The van der Waals surface area contributed by atoms with Crippen LogP contribution in [-0.2, 0) is 4.79 Å². The highest BCUT2D eigenvalue weighted by molar-refractivity contribution is 9.10. The van der Waals surface area contributed by atoms with E-state index in [1.807, 2.05) is 18.2 Å². The van der Waals surface area contributed by atoms with Gasteiger partial charge in [0.25, 0.3) is 0 Å². The summed E-state index contributed by atoms with van der Waals surface area (Å²) in [5.41, 5.74) is 2.02. The fourth-order valence-corrected chi connectivity index (χ4v) is 2.25. The molecule has 0 saturated carbocycles. The maximum absolute atomic E-state index is 12.0. The van der Waals surface area contributed by atoms with Crippen LogP contribution in [0.15, 0.2) is 46.9 Å². The molecule has 0 aliphatic carbocycles. The average molecular weight is 372 g/mol. The zero-order valence-electron chi connectivity index (χ0n) is 12.4. The number of nitrogens with one attached hydrogen (secondary N) is 2. The third-order valence-corrected chi connectivity index (χ3v) is 3.62. The minimum atomic E-state index is -0.246. The van der Waals surface area contributed by atoms with Crippen molar-refractivity contribution in [3.63, 3.8) is 0 Å². The predicted octanol–water partition coefficient (Wildman–Crippen LogP) is 3.57. The molecule has 0 radical (unpaired) electrons. The van der Waals surface area contributed by atoms with Crippen LogP contribution in [0.3, 0.4) is 0 Å². The summed E-state index contributed by atoms with van der Waals surface area (Å²) in [7, 11) is 0. The molecule has 116 valence electrons. The van der Waals surface area contributed by atoms with Gasteiger partial charge in [0, 0.05) is 21.4 Å². The highest BCUT2D eigenvalue weighted by Crippen LogP contribution is 2.18. The molecule has 23 heavy (non-hydrogen) atoms. The number of nitrogens with zero attached hydrogens (tertiary/aromatic N) is 1. The Morgan fingerprint density at radius 3 is 2.48 bits per heavy atom. The van der Waals surface area contributed by atoms with E-state index in [9.17, 15) is 9.59 Å². The summed E-state index contributed by atoms with van der Waals surface area (Å²) in [6.45, 7) is 1.43. The standard InChI is InChI=1S/C17H14BrN3O2/c1-11(22)15-7-2-12(9-19)8-16(15)20-10-17(23)21-14-5-3-13(18)4-6-14/h2-8,20H,10H2,1H3,(H,21,23). The first-order chi connectivity index (χ1) is 11.0. The minimum Gasteiger partial charge on any atom is -0.376 e. The quantitative estimate of drug-likeness (QED) is 0.787. The molecule has 0 heterocycles. The van der Waals surface area contributed by atoms with Crippen molar-refractivity contribution in [2.45, 2.75) is 6.92 Å². The molecule has 2 aromatic rings. The zero-order chi connectivity index (χ0) is 16.8. The van der Waals surface area contributed by atoms with Crippen LogP contribution in [-0.4, -0.2) is 18.2 Å². The fourth-order valence-electron chi connectivity index (χ4n) is 1.98. The summed E-state index contributed by atoms with van der Waals surface area (Å²) in [6, 6.07) is 13.9. The Hall–Kier alpha value is -2.65. The summed E-state index contributed by atoms with van der Waals surface area (Å²) in [5, 5.41) is 14.6. The molecule has 0 atom stereocenters. The van der Waals surface area contributed by atoms with Gasteiger partial charge in [-0.1, -0.05) is 15.9 Å². The third kappa shape index (κ3) is 4.66. The Labute approximate surface area is 142 Å². The Morgan fingerprint density at radius 1 is 1.17 bits per heavy atom. The van der Waals surface area contributed by atoms with Crippen molar-refractivity contribution < 1.29 is 9.59 Å². The van der Waals surface area contributed by atoms with Crippen molar-refractivity contribution in [2.24, 2.45) is 0 Å². The van der Waals surface area contributed by atoms with Crippen molar-refractivity contribution in [3.05, 3.63) is 58.1 Å². The van der Waals surface area contributed by atoms with Crippen LogP contribution in [0.1, 0.15) is 22.8 Å². The van der Waals surface area contributed by atoms with Crippen LogP contribution in [0.2, 0.25) is 0 Å². The molecule has 0 unspecified atom stereocenters. The SMILES string of the molecule is CC(=O)c1ccc(C#N)cc1NCC(=O)Nc1ccc(Br)cc1. The number of amides is 1. The van der Waals surface area contributed by atoms with E-state index in [1.54, 1.807) is 30.3 Å². The highest BCUT2D eigenvalue weighted by atomic mass is 79.9. The van der Waals surface area contributed by atoms with Crippen LogP contribution in [0.25, 0.3) is 0 Å². The minimum absolute atomic E-state index is 0.00870. The number of carbonyl (C=O) groups excluding carboxylic acids is 2. The van der Waals surface area contributed by atoms with Gasteiger partial charge in [-0.2, -0.15) is 5.26 Å². The van der Waals surface area contributed by atoms with Crippen LogP contribution in [0.4, 0.5) is 11.4 Å². The number of hydrogen-bond acceptors (Lipinski definition) is 4. The normalized spacial score (nSPS) is 9.78. The second-order valence-electron chi connectivity index (χ2n) is 4.84. The molecule has 0 fully saturated rings. The lowest BCUT2D eigenvalue weighted by molar-refractivity contribution is -0.114. The summed E-state index contributed by atoms with van der Waals surface area (Å²) in [6.07, 6.45) is 0. The average Bonchev–Trinajstić information content (AvgIpc) is 2.54. The monoisotopic (exact) mass is 371 g/mol. The summed E-state index contributed by atoms with van der Waals surface area (Å²) in [5.74, 6) is -0.380. The number of Topliss-reactive ketones (excluding diaryl/α,β-unsaturated/α-hetero) is 1. The first kappa shape index (κ1) is 16.7. The maximum atomic E-state index is 12.0. The largest absolute Gasteiger partial charge is 0.376 e. The molecule has 5 nitrogen and oxygen atoms in total. The number of ketones is 1.